The van der Waals surface area contributed by atoms with Crippen LogP contribution in [0.4, 0.5) is 0 Å². The lowest BCUT2D eigenvalue weighted by Crippen LogP contribution is -2.44. The normalized spacial score (nSPS) is 29.9. The molecule has 1 saturated heterocycles. The number of carboxylic acids is 1. The number of carbonyl (C=O) groups is 1. The van der Waals surface area contributed by atoms with Crippen molar-refractivity contribution in [2.24, 2.45) is 11.7 Å². The van der Waals surface area contributed by atoms with Gasteiger partial charge in [0.1, 0.15) is 0 Å². The van der Waals surface area contributed by atoms with E-state index >= 15 is 0 Å². The van der Waals surface area contributed by atoms with Crippen LogP contribution in [0.25, 0.3) is 0 Å². The van der Waals surface area contributed by atoms with Gasteiger partial charge in [-0.3, -0.25) is 4.79 Å². The molecule has 0 aliphatic carbocycles. The number of hydrogen-bond acceptors (Lipinski definition) is 4. The predicted molar refractivity (Wildman–Crippen MR) is 52.0 cm³/mol. The second-order valence-corrected chi connectivity index (χ2v) is 3.86. The van der Waals surface area contributed by atoms with Crippen molar-refractivity contribution in [1.29, 1.82) is 0 Å². The number of nitrogens with one attached hydrogen (secondary N) is 1. The van der Waals surface area contributed by atoms with Gasteiger partial charge in [0.05, 0.1) is 18.6 Å². The zero-order valence-electron chi connectivity index (χ0n) is 8.40. The van der Waals surface area contributed by atoms with Gasteiger partial charge in [-0.2, -0.15) is 0 Å². The largest absolute Gasteiger partial charge is 0.481 e. The molecule has 0 amide bonds. The number of rotatable bonds is 4. The summed E-state index contributed by atoms with van der Waals surface area (Å²) in [6, 6.07) is 0.000189. The number of ether oxygens (including phenoxy) is 1. The molecule has 1 fully saturated rings. The third kappa shape index (κ3) is 3.61. The third-order valence-corrected chi connectivity index (χ3v) is 2.25. The van der Waals surface area contributed by atoms with Gasteiger partial charge in [-0.05, 0) is 13.3 Å². The number of aliphatic carboxylic acids is 1. The monoisotopic (exact) mass is 202 g/mol. The minimum absolute atomic E-state index is 0.000189. The van der Waals surface area contributed by atoms with Crippen LogP contribution < -0.4 is 11.1 Å². The molecule has 0 aromatic carbocycles. The molecule has 0 aromatic heterocycles. The van der Waals surface area contributed by atoms with E-state index in [4.69, 9.17) is 15.6 Å². The van der Waals surface area contributed by atoms with Crippen LogP contribution >= 0.6 is 0 Å². The average Bonchev–Trinajstić information content (AvgIpc) is 2.15. The summed E-state index contributed by atoms with van der Waals surface area (Å²) in [7, 11) is 0. The Balaban J connectivity index is 2.29. The van der Waals surface area contributed by atoms with Gasteiger partial charge < -0.3 is 20.9 Å². The van der Waals surface area contributed by atoms with Gasteiger partial charge in [-0.15, -0.1) is 0 Å². The SMILES string of the molecule is CC(N)COC1CNCC(C(=O)O)C1. The molecular weight excluding hydrogens is 184 g/mol. The standard InChI is InChI=1S/C9H18N2O3/c1-6(10)5-14-8-2-7(9(12)13)3-11-4-8/h6-8,11H,2-5,10H2,1H3,(H,12,13). The van der Waals surface area contributed by atoms with Crippen LogP contribution in [-0.4, -0.2) is 42.9 Å². The van der Waals surface area contributed by atoms with Crippen LogP contribution in [0.2, 0.25) is 0 Å². The van der Waals surface area contributed by atoms with Crippen molar-refractivity contribution in [3.05, 3.63) is 0 Å². The summed E-state index contributed by atoms with van der Waals surface area (Å²) in [6.45, 7) is 3.60. The van der Waals surface area contributed by atoms with E-state index in [9.17, 15) is 4.79 Å². The molecule has 0 aromatic rings. The number of piperidine rings is 1. The number of hydrogen-bond donors (Lipinski definition) is 3. The lowest BCUT2D eigenvalue weighted by molar-refractivity contribution is -0.144. The Bertz CT molecular complexity index is 196. The Kier molecular flexibility index (Phi) is 4.31. The van der Waals surface area contributed by atoms with Crippen molar-refractivity contribution in [2.45, 2.75) is 25.5 Å². The Morgan fingerprint density at radius 3 is 3.00 bits per heavy atom. The summed E-state index contributed by atoms with van der Waals surface area (Å²) in [5, 5.41) is 11.9. The van der Waals surface area contributed by atoms with E-state index in [0.717, 1.165) is 6.54 Å². The van der Waals surface area contributed by atoms with Crippen LogP contribution in [0, 0.1) is 5.92 Å². The van der Waals surface area contributed by atoms with Gasteiger partial charge in [-0.1, -0.05) is 0 Å². The van der Waals surface area contributed by atoms with Gasteiger partial charge in [0, 0.05) is 19.1 Å². The summed E-state index contributed by atoms with van der Waals surface area (Å²) >= 11 is 0. The summed E-state index contributed by atoms with van der Waals surface area (Å²) in [5.41, 5.74) is 5.54. The zero-order chi connectivity index (χ0) is 10.6. The predicted octanol–water partition coefficient (Wildman–Crippen LogP) is -0.587. The molecule has 5 heteroatoms. The Hall–Kier alpha value is -0.650. The first-order chi connectivity index (χ1) is 6.59. The highest BCUT2D eigenvalue weighted by molar-refractivity contribution is 5.70. The Morgan fingerprint density at radius 1 is 1.71 bits per heavy atom. The van der Waals surface area contributed by atoms with Gasteiger partial charge >= 0.3 is 5.97 Å². The maximum atomic E-state index is 10.7. The number of carboxylic acid groups (broad SMARTS) is 1. The first-order valence-electron chi connectivity index (χ1n) is 4.90. The van der Waals surface area contributed by atoms with Crippen molar-refractivity contribution >= 4 is 5.97 Å². The molecule has 1 aliphatic rings. The lowest BCUT2D eigenvalue weighted by atomic mass is 9.98. The molecule has 0 saturated carbocycles. The summed E-state index contributed by atoms with van der Waals surface area (Å²) in [4.78, 5) is 10.7. The third-order valence-electron chi connectivity index (χ3n) is 2.25. The highest BCUT2D eigenvalue weighted by atomic mass is 16.5. The molecule has 14 heavy (non-hydrogen) atoms. The first-order valence-corrected chi connectivity index (χ1v) is 4.90. The Labute approximate surface area is 83.6 Å². The van der Waals surface area contributed by atoms with Crippen molar-refractivity contribution < 1.29 is 14.6 Å². The zero-order valence-corrected chi connectivity index (χ0v) is 8.40. The molecule has 82 valence electrons. The van der Waals surface area contributed by atoms with Crippen LogP contribution in [-0.2, 0) is 9.53 Å². The van der Waals surface area contributed by atoms with Crippen LogP contribution in [0.5, 0.6) is 0 Å². The van der Waals surface area contributed by atoms with E-state index in [1.807, 2.05) is 6.92 Å². The van der Waals surface area contributed by atoms with Crippen LogP contribution in [0.3, 0.4) is 0 Å². The molecule has 0 spiro atoms. The van der Waals surface area contributed by atoms with Crippen molar-refractivity contribution in [1.82, 2.24) is 5.32 Å². The topological polar surface area (TPSA) is 84.6 Å². The van der Waals surface area contributed by atoms with Crippen molar-refractivity contribution in [2.75, 3.05) is 19.7 Å². The molecule has 4 N–H and O–H groups in total. The van der Waals surface area contributed by atoms with Crippen LogP contribution in [0.1, 0.15) is 13.3 Å². The average molecular weight is 202 g/mol. The van der Waals surface area contributed by atoms with Crippen molar-refractivity contribution in [3.8, 4) is 0 Å². The first kappa shape index (κ1) is 11.4. The van der Waals surface area contributed by atoms with Gasteiger partial charge in [-0.25, -0.2) is 0 Å². The molecule has 5 nitrogen and oxygen atoms in total. The minimum Gasteiger partial charge on any atom is -0.481 e. The highest BCUT2D eigenvalue weighted by Gasteiger charge is 2.27. The highest BCUT2D eigenvalue weighted by Crippen LogP contribution is 2.13. The maximum absolute atomic E-state index is 10.7. The lowest BCUT2D eigenvalue weighted by Gasteiger charge is -2.28. The summed E-state index contributed by atoms with van der Waals surface area (Å²) < 4.78 is 5.47. The second-order valence-electron chi connectivity index (χ2n) is 3.86. The van der Waals surface area contributed by atoms with E-state index in [1.165, 1.54) is 0 Å². The van der Waals surface area contributed by atoms with Gasteiger partial charge in [0.2, 0.25) is 0 Å². The van der Waals surface area contributed by atoms with E-state index < -0.39 is 5.97 Å². The smallest absolute Gasteiger partial charge is 0.307 e. The maximum Gasteiger partial charge on any atom is 0.307 e. The number of nitrogens with two attached hydrogens (primary N) is 1. The van der Waals surface area contributed by atoms with Gasteiger partial charge in [0.25, 0.3) is 0 Å². The molecule has 3 unspecified atom stereocenters. The minimum atomic E-state index is -0.758. The molecule has 3 atom stereocenters. The van der Waals surface area contributed by atoms with Gasteiger partial charge in [0.15, 0.2) is 0 Å². The Morgan fingerprint density at radius 2 is 2.43 bits per heavy atom. The fraction of sp³-hybridized carbons (Fsp3) is 0.889. The van der Waals surface area contributed by atoms with Crippen LogP contribution in [0.15, 0.2) is 0 Å². The molecular formula is C9H18N2O3. The summed E-state index contributed by atoms with van der Waals surface area (Å²) in [5.74, 6) is -1.09. The molecule has 0 radical (unpaired) electrons. The molecule has 1 rings (SSSR count). The van der Waals surface area contributed by atoms with E-state index in [-0.39, 0.29) is 18.1 Å². The fourth-order valence-corrected chi connectivity index (χ4v) is 1.51. The summed E-state index contributed by atoms with van der Waals surface area (Å²) in [6.07, 6.45) is 0.561. The van der Waals surface area contributed by atoms with E-state index in [1.54, 1.807) is 0 Å². The van der Waals surface area contributed by atoms with E-state index in [2.05, 4.69) is 5.32 Å². The molecule has 1 heterocycles. The second kappa shape index (κ2) is 5.29. The van der Waals surface area contributed by atoms with Crippen molar-refractivity contribution in [3.63, 3.8) is 0 Å². The quantitative estimate of drug-likeness (QED) is 0.567. The van der Waals surface area contributed by atoms with E-state index in [0.29, 0.717) is 19.6 Å². The fourth-order valence-electron chi connectivity index (χ4n) is 1.51. The molecule has 0 bridgehead atoms. The molecule has 1 aliphatic heterocycles.